The molecule has 0 fully saturated rings. The van der Waals surface area contributed by atoms with Crippen molar-refractivity contribution in [2.24, 2.45) is 0 Å². The van der Waals surface area contributed by atoms with Gasteiger partial charge in [0, 0.05) is 11.6 Å². The van der Waals surface area contributed by atoms with Gasteiger partial charge in [0.2, 0.25) is 5.91 Å². The number of amides is 2. The van der Waals surface area contributed by atoms with E-state index in [2.05, 4.69) is 32.7 Å². The van der Waals surface area contributed by atoms with Crippen LogP contribution in [0, 0.1) is 0 Å². The Kier molecular flexibility index (Phi) is 7.94. The van der Waals surface area contributed by atoms with E-state index >= 15 is 0 Å². The van der Waals surface area contributed by atoms with Crippen molar-refractivity contribution in [2.45, 2.75) is 31.7 Å². The van der Waals surface area contributed by atoms with Gasteiger partial charge in [-0.1, -0.05) is 66.2 Å². The lowest BCUT2D eigenvalue weighted by molar-refractivity contribution is -0.123. The second kappa shape index (κ2) is 11.5. The molecule has 0 bridgehead atoms. The molecule has 174 valence electrons. The van der Waals surface area contributed by atoms with Crippen LogP contribution in [0.1, 0.15) is 34.6 Å². The number of aromatic amines is 1. The fraction of sp³-hybridized carbons (Fsp3) is 0.222. The zero-order chi connectivity index (χ0) is 23.8. The zero-order valence-corrected chi connectivity index (χ0v) is 19.5. The fourth-order valence-electron chi connectivity index (χ4n) is 3.79. The monoisotopic (exact) mass is 474 g/mol. The molecule has 0 spiro atoms. The highest BCUT2D eigenvalue weighted by atomic mass is 35.5. The Balaban J connectivity index is 1.38. The van der Waals surface area contributed by atoms with Gasteiger partial charge in [0.15, 0.2) is 5.82 Å². The van der Waals surface area contributed by atoms with E-state index < -0.39 is 11.9 Å². The first-order valence-electron chi connectivity index (χ1n) is 11.4. The van der Waals surface area contributed by atoms with Crippen LogP contribution in [-0.4, -0.2) is 34.4 Å². The minimum absolute atomic E-state index is 0.189. The molecule has 0 saturated heterocycles. The lowest BCUT2D eigenvalue weighted by atomic mass is 10.0. The van der Waals surface area contributed by atoms with E-state index in [4.69, 9.17) is 11.6 Å². The Bertz CT molecular complexity index is 1210. The van der Waals surface area contributed by atoms with Crippen molar-refractivity contribution in [2.75, 3.05) is 6.54 Å². The maximum absolute atomic E-state index is 13.0. The number of H-pyrrole nitrogens is 1. The third kappa shape index (κ3) is 6.45. The predicted octanol–water partition coefficient (Wildman–Crippen LogP) is 4.70. The van der Waals surface area contributed by atoms with Crippen molar-refractivity contribution >= 4 is 34.4 Å². The van der Waals surface area contributed by atoms with Crippen molar-refractivity contribution in [3.63, 3.8) is 0 Å². The molecule has 3 aromatic carbocycles. The molecule has 4 rings (SSSR count). The topological polar surface area (TPSA) is 86.9 Å². The number of nitrogens with one attached hydrogen (secondary N) is 3. The lowest BCUT2D eigenvalue weighted by Gasteiger charge is -2.18. The summed E-state index contributed by atoms with van der Waals surface area (Å²) in [4.78, 5) is 33.3. The minimum Gasteiger partial charge on any atom is -0.354 e. The summed E-state index contributed by atoms with van der Waals surface area (Å²) < 4.78 is 0. The summed E-state index contributed by atoms with van der Waals surface area (Å²) >= 11 is 5.98. The van der Waals surface area contributed by atoms with Crippen LogP contribution in [0.5, 0.6) is 0 Å². The van der Waals surface area contributed by atoms with Crippen LogP contribution in [0.4, 0.5) is 0 Å². The van der Waals surface area contributed by atoms with Gasteiger partial charge in [-0.05, 0) is 61.1 Å². The normalized spacial score (nSPS) is 11.8. The SMILES string of the molecule is O=C(N[C@@H](CCc1ccc(Cl)cc1)C(=O)NCCCc1ccccc1)c1nc2ccccc2[nH]1. The van der Waals surface area contributed by atoms with Gasteiger partial charge in [0.25, 0.3) is 5.91 Å². The van der Waals surface area contributed by atoms with Crippen LogP contribution in [0.3, 0.4) is 0 Å². The van der Waals surface area contributed by atoms with E-state index in [1.54, 1.807) is 0 Å². The standard InChI is InChI=1S/C27H27ClN4O2/c28-21-15-12-20(13-16-21)14-17-24(26(33)29-18-6-9-19-7-2-1-3-8-19)32-27(34)25-30-22-10-4-5-11-23(22)31-25/h1-5,7-8,10-13,15-16,24H,6,9,14,17-18H2,(H,29,33)(H,30,31)(H,32,34)/t24-/m0/s1. The third-order valence-corrected chi connectivity index (χ3v) is 5.90. The largest absolute Gasteiger partial charge is 0.354 e. The van der Waals surface area contributed by atoms with E-state index in [9.17, 15) is 9.59 Å². The number of rotatable bonds is 10. The molecule has 1 aromatic heterocycles. The molecule has 0 aliphatic heterocycles. The van der Waals surface area contributed by atoms with Gasteiger partial charge in [-0.3, -0.25) is 9.59 Å². The van der Waals surface area contributed by atoms with Crippen LogP contribution < -0.4 is 10.6 Å². The van der Waals surface area contributed by atoms with E-state index in [1.165, 1.54) is 5.56 Å². The molecule has 0 aliphatic carbocycles. The second-order valence-corrected chi connectivity index (χ2v) is 8.61. The Labute approximate surface area is 203 Å². The number of aromatic nitrogens is 2. The summed E-state index contributed by atoms with van der Waals surface area (Å²) in [7, 11) is 0. The predicted molar refractivity (Wildman–Crippen MR) is 135 cm³/mol. The Morgan fingerprint density at radius 2 is 1.59 bits per heavy atom. The summed E-state index contributed by atoms with van der Waals surface area (Å²) in [6.07, 6.45) is 2.77. The Morgan fingerprint density at radius 1 is 0.882 bits per heavy atom. The number of halogens is 1. The fourth-order valence-corrected chi connectivity index (χ4v) is 3.92. The first-order valence-corrected chi connectivity index (χ1v) is 11.8. The van der Waals surface area contributed by atoms with Gasteiger partial charge < -0.3 is 15.6 Å². The molecule has 7 heteroatoms. The van der Waals surface area contributed by atoms with Crippen LogP contribution in [0.25, 0.3) is 11.0 Å². The van der Waals surface area contributed by atoms with E-state index in [1.807, 2.05) is 66.7 Å². The smallest absolute Gasteiger partial charge is 0.287 e. The van der Waals surface area contributed by atoms with Gasteiger partial charge in [-0.15, -0.1) is 0 Å². The summed E-state index contributed by atoms with van der Waals surface area (Å²) in [6.45, 7) is 0.533. The summed E-state index contributed by atoms with van der Waals surface area (Å²) in [6, 6.07) is 24.4. The highest BCUT2D eigenvalue weighted by molar-refractivity contribution is 6.30. The van der Waals surface area contributed by atoms with E-state index in [-0.39, 0.29) is 11.7 Å². The molecule has 1 atom stereocenters. The van der Waals surface area contributed by atoms with Crippen molar-refractivity contribution < 1.29 is 9.59 Å². The van der Waals surface area contributed by atoms with Gasteiger partial charge in [0.1, 0.15) is 6.04 Å². The number of carbonyl (C=O) groups is 2. The number of hydrogen-bond donors (Lipinski definition) is 3. The van der Waals surface area contributed by atoms with Crippen LogP contribution >= 0.6 is 11.6 Å². The molecule has 0 radical (unpaired) electrons. The molecular weight excluding hydrogens is 448 g/mol. The number of para-hydroxylation sites is 2. The number of benzene rings is 3. The van der Waals surface area contributed by atoms with Crippen molar-refractivity contribution in [1.29, 1.82) is 0 Å². The number of fused-ring (bicyclic) bond motifs is 1. The van der Waals surface area contributed by atoms with Crippen LogP contribution in [0.2, 0.25) is 5.02 Å². The average Bonchev–Trinajstić information content (AvgIpc) is 3.30. The molecule has 6 nitrogen and oxygen atoms in total. The number of hydrogen-bond acceptors (Lipinski definition) is 3. The molecular formula is C27H27ClN4O2. The number of nitrogens with zero attached hydrogens (tertiary/aromatic N) is 1. The number of imidazole rings is 1. The molecule has 2 amide bonds. The summed E-state index contributed by atoms with van der Waals surface area (Å²) in [5, 5.41) is 6.50. The Morgan fingerprint density at radius 3 is 2.35 bits per heavy atom. The Hall–Kier alpha value is -3.64. The van der Waals surface area contributed by atoms with Gasteiger partial charge in [0.05, 0.1) is 11.0 Å². The quantitative estimate of drug-likeness (QED) is 0.291. The van der Waals surface area contributed by atoms with Crippen molar-refractivity contribution in [3.8, 4) is 0 Å². The molecule has 0 aliphatic rings. The van der Waals surface area contributed by atoms with E-state index in [0.717, 1.165) is 23.9 Å². The highest BCUT2D eigenvalue weighted by Crippen LogP contribution is 2.13. The lowest BCUT2D eigenvalue weighted by Crippen LogP contribution is -2.47. The van der Waals surface area contributed by atoms with Gasteiger partial charge in [-0.2, -0.15) is 0 Å². The van der Waals surface area contributed by atoms with Crippen LogP contribution in [0.15, 0.2) is 78.9 Å². The third-order valence-electron chi connectivity index (χ3n) is 5.65. The molecule has 3 N–H and O–H groups in total. The average molecular weight is 475 g/mol. The summed E-state index contributed by atoms with van der Waals surface area (Å²) in [5.41, 5.74) is 3.75. The maximum atomic E-state index is 13.0. The van der Waals surface area contributed by atoms with Crippen LogP contribution in [-0.2, 0) is 17.6 Å². The zero-order valence-electron chi connectivity index (χ0n) is 18.8. The molecule has 0 saturated carbocycles. The number of carbonyl (C=O) groups excluding carboxylic acids is 2. The van der Waals surface area contributed by atoms with E-state index in [0.29, 0.717) is 29.9 Å². The van der Waals surface area contributed by atoms with Gasteiger partial charge in [-0.25, -0.2) is 4.98 Å². The molecule has 34 heavy (non-hydrogen) atoms. The molecule has 0 unspecified atom stereocenters. The highest BCUT2D eigenvalue weighted by Gasteiger charge is 2.23. The van der Waals surface area contributed by atoms with Crippen molar-refractivity contribution in [1.82, 2.24) is 20.6 Å². The molecule has 4 aromatic rings. The molecule has 1 heterocycles. The first-order chi connectivity index (χ1) is 16.6. The maximum Gasteiger partial charge on any atom is 0.287 e. The second-order valence-electron chi connectivity index (χ2n) is 8.17. The number of aryl methyl sites for hydroxylation is 2. The minimum atomic E-state index is -0.687. The first kappa shape index (κ1) is 23.5. The summed E-state index contributed by atoms with van der Waals surface area (Å²) in [5.74, 6) is -0.419. The van der Waals surface area contributed by atoms with Crippen molar-refractivity contribution in [3.05, 3.63) is 101 Å². The van der Waals surface area contributed by atoms with Gasteiger partial charge >= 0.3 is 0 Å².